The second-order valence-electron chi connectivity index (χ2n) is 6.49. The Morgan fingerprint density at radius 1 is 1.43 bits per heavy atom. The molecule has 6 nitrogen and oxygen atoms in total. The molecule has 1 saturated heterocycles. The Morgan fingerprint density at radius 3 is 2.67 bits per heavy atom. The maximum absolute atomic E-state index is 12.3. The standard InChI is InChI=1S/C15H26N2O4/c1-15(2,3)21-14(18)17-9-7-6-8-11(17)12-10-13(20-12)16(4)19-5/h10-11,13H,6-9H2,1-5H3. The molecule has 1 amide bonds. The maximum Gasteiger partial charge on any atom is 0.410 e. The quantitative estimate of drug-likeness (QED) is 0.749. The molecule has 0 saturated carbocycles. The Kier molecular flexibility index (Phi) is 4.78. The third-order valence-corrected chi connectivity index (χ3v) is 3.67. The van der Waals surface area contributed by atoms with Crippen molar-refractivity contribution >= 4 is 6.09 Å². The Labute approximate surface area is 126 Å². The summed E-state index contributed by atoms with van der Waals surface area (Å²) in [6.07, 6.45) is 4.57. The monoisotopic (exact) mass is 298 g/mol. The van der Waals surface area contributed by atoms with Gasteiger partial charge in [0.15, 0.2) is 6.23 Å². The summed E-state index contributed by atoms with van der Waals surface area (Å²) in [6.45, 7) is 6.36. The average molecular weight is 298 g/mol. The maximum atomic E-state index is 12.3. The van der Waals surface area contributed by atoms with E-state index in [1.54, 1.807) is 17.1 Å². The first-order valence-electron chi connectivity index (χ1n) is 7.47. The van der Waals surface area contributed by atoms with Gasteiger partial charge < -0.3 is 9.47 Å². The first kappa shape index (κ1) is 16.1. The van der Waals surface area contributed by atoms with Crippen LogP contribution in [0.3, 0.4) is 0 Å². The number of likely N-dealkylation sites (tertiary alicyclic amines) is 1. The molecule has 2 heterocycles. The summed E-state index contributed by atoms with van der Waals surface area (Å²) < 4.78 is 11.2. The van der Waals surface area contributed by atoms with E-state index in [-0.39, 0.29) is 18.4 Å². The number of ether oxygens (including phenoxy) is 2. The highest BCUT2D eigenvalue weighted by Gasteiger charge is 2.38. The van der Waals surface area contributed by atoms with Gasteiger partial charge in [-0.25, -0.2) is 4.79 Å². The fraction of sp³-hybridized carbons (Fsp3) is 0.800. The third-order valence-electron chi connectivity index (χ3n) is 3.67. The van der Waals surface area contributed by atoms with Gasteiger partial charge in [-0.1, -0.05) is 0 Å². The lowest BCUT2D eigenvalue weighted by atomic mass is 9.99. The largest absolute Gasteiger partial charge is 0.472 e. The van der Waals surface area contributed by atoms with E-state index in [4.69, 9.17) is 14.3 Å². The molecule has 0 N–H and O–H groups in total. The summed E-state index contributed by atoms with van der Waals surface area (Å²) in [5, 5.41) is 1.63. The SMILES string of the molecule is CON(C)C1C=C(C2CCCCN2C(=O)OC(C)(C)C)O1. The number of likely N-dealkylation sites (N-methyl/N-ethyl adjacent to an activating group) is 1. The minimum absolute atomic E-state index is 0.0184. The van der Waals surface area contributed by atoms with E-state index in [0.717, 1.165) is 25.0 Å². The average Bonchev–Trinajstić information content (AvgIpc) is 2.35. The van der Waals surface area contributed by atoms with Crippen LogP contribution in [0, 0.1) is 0 Å². The fourth-order valence-corrected chi connectivity index (χ4v) is 2.52. The third kappa shape index (κ3) is 3.89. The summed E-state index contributed by atoms with van der Waals surface area (Å²) >= 11 is 0. The molecule has 2 aliphatic rings. The number of hydroxylamine groups is 2. The van der Waals surface area contributed by atoms with Crippen LogP contribution < -0.4 is 0 Å². The van der Waals surface area contributed by atoms with Crippen LogP contribution in [-0.4, -0.2) is 54.6 Å². The number of hydrogen-bond donors (Lipinski definition) is 0. The van der Waals surface area contributed by atoms with Gasteiger partial charge in [0.25, 0.3) is 0 Å². The van der Waals surface area contributed by atoms with Crippen molar-refractivity contribution in [1.29, 1.82) is 0 Å². The summed E-state index contributed by atoms with van der Waals surface area (Å²) in [5.74, 6) is 0.842. The zero-order valence-corrected chi connectivity index (χ0v) is 13.6. The van der Waals surface area contributed by atoms with Crippen LogP contribution in [0.1, 0.15) is 40.0 Å². The molecule has 0 spiro atoms. The summed E-state index contributed by atoms with van der Waals surface area (Å²) in [5.41, 5.74) is -0.479. The molecule has 0 radical (unpaired) electrons. The van der Waals surface area contributed by atoms with Gasteiger partial charge in [0, 0.05) is 19.7 Å². The molecule has 120 valence electrons. The first-order valence-corrected chi connectivity index (χ1v) is 7.47. The smallest absolute Gasteiger partial charge is 0.410 e. The minimum Gasteiger partial charge on any atom is -0.472 e. The number of nitrogens with zero attached hydrogens (tertiary/aromatic N) is 2. The molecule has 1 fully saturated rings. The van der Waals surface area contributed by atoms with Gasteiger partial charge >= 0.3 is 6.09 Å². The molecule has 6 heteroatoms. The van der Waals surface area contributed by atoms with Crippen molar-refractivity contribution in [2.45, 2.75) is 57.9 Å². The second-order valence-corrected chi connectivity index (χ2v) is 6.49. The minimum atomic E-state index is -0.479. The van der Waals surface area contributed by atoms with Gasteiger partial charge in [-0.2, -0.15) is 0 Å². The van der Waals surface area contributed by atoms with E-state index in [0.29, 0.717) is 6.54 Å². The predicted octanol–water partition coefficient (Wildman–Crippen LogP) is 2.51. The Bertz CT molecular complexity index is 416. The molecule has 0 aliphatic carbocycles. The normalized spacial score (nSPS) is 26.0. The second kappa shape index (κ2) is 6.23. The van der Waals surface area contributed by atoms with Gasteiger partial charge in [0.05, 0.1) is 13.2 Å². The van der Waals surface area contributed by atoms with Gasteiger partial charge in [-0.05, 0) is 40.0 Å². The van der Waals surface area contributed by atoms with Crippen LogP contribution in [-0.2, 0) is 14.3 Å². The van der Waals surface area contributed by atoms with Gasteiger partial charge in [0.1, 0.15) is 11.4 Å². The van der Waals surface area contributed by atoms with Crippen LogP contribution in [0.25, 0.3) is 0 Å². The number of amides is 1. The molecular weight excluding hydrogens is 272 g/mol. The van der Waals surface area contributed by atoms with E-state index in [1.807, 2.05) is 33.9 Å². The van der Waals surface area contributed by atoms with Gasteiger partial charge in [-0.15, -0.1) is 5.06 Å². The summed E-state index contributed by atoms with van der Waals surface area (Å²) in [4.78, 5) is 19.2. The van der Waals surface area contributed by atoms with Crippen LogP contribution >= 0.6 is 0 Å². The highest BCUT2D eigenvalue weighted by atomic mass is 16.7. The van der Waals surface area contributed by atoms with E-state index >= 15 is 0 Å². The van der Waals surface area contributed by atoms with Crippen molar-refractivity contribution in [3.63, 3.8) is 0 Å². The molecule has 0 aromatic carbocycles. The van der Waals surface area contributed by atoms with Crippen molar-refractivity contribution in [3.05, 3.63) is 11.8 Å². The van der Waals surface area contributed by atoms with Crippen LogP contribution in [0.4, 0.5) is 4.79 Å². The molecule has 2 aliphatic heterocycles. The lowest BCUT2D eigenvalue weighted by molar-refractivity contribution is -0.211. The van der Waals surface area contributed by atoms with Crippen LogP contribution in [0.15, 0.2) is 11.8 Å². The lowest BCUT2D eigenvalue weighted by Gasteiger charge is -2.42. The molecule has 2 atom stereocenters. The van der Waals surface area contributed by atoms with Crippen LogP contribution in [0.2, 0.25) is 0 Å². The fourth-order valence-electron chi connectivity index (χ4n) is 2.52. The van der Waals surface area contributed by atoms with E-state index in [9.17, 15) is 4.79 Å². The number of rotatable bonds is 3. The number of carbonyl (C=O) groups excluding carboxylic acids is 1. The molecule has 21 heavy (non-hydrogen) atoms. The highest BCUT2D eigenvalue weighted by molar-refractivity contribution is 5.69. The summed E-state index contributed by atoms with van der Waals surface area (Å²) in [7, 11) is 3.41. The molecule has 0 aromatic heterocycles. The van der Waals surface area contributed by atoms with E-state index in [1.165, 1.54) is 0 Å². The molecule has 2 rings (SSSR count). The van der Waals surface area contributed by atoms with Crippen molar-refractivity contribution < 1.29 is 19.1 Å². The molecule has 0 aromatic rings. The van der Waals surface area contributed by atoms with Crippen molar-refractivity contribution in [2.24, 2.45) is 0 Å². The van der Waals surface area contributed by atoms with Crippen molar-refractivity contribution in [3.8, 4) is 0 Å². The molecular formula is C15H26N2O4. The zero-order chi connectivity index (χ0) is 15.6. The molecule has 0 bridgehead atoms. The lowest BCUT2D eigenvalue weighted by Crippen LogP contribution is -2.50. The zero-order valence-electron chi connectivity index (χ0n) is 13.6. The van der Waals surface area contributed by atoms with Gasteiger partial charge in [-0.3, -0.25) is 9.74 Å². The number of carbonyl (C=O) groups is 1. The summed E-state index contributed by atoms with van der Waals surface area (Å²) in [6, 6.07) is -0.0184. The predicted molar refractivity (Wildman–Crippen MR) is 78.3 cm³/mol. The Hall–Kier alpha value is -1.27. The van der Waals surface area contributed by atoms with Gasteiger partial charge in [0.2, 0.25) is 0 Å². The first-order chi connectivity index (χ1) is 9.81. The van der Waals surface area contributed by atoms with E-state index < -0.39 is 5.60 Å². The Morgan fingerprint density at radius 2 is 2.10 bits per heavy atom. The van der Waals surface area contributed by atoms with Crippen LogP contribution in [0.5, 0.6) is 0 Å². The highest BCUT2D eigenvalue weighted by Crippen LogP contribution is 2.32. The molecule has 2 unspecified atom stereocenters. The van der Waals surface area contributed by atoms with Crippen molar-refractivity contribution in [2.75, 3.05) is 20.7 Å². The van der Waals surface area contributed by atoms with E-state index in [2.05, 4.69) is 0 Å². The number of piperidine rings is 1. The Balaban J connectivity index is 2.02. The number of hydrogen-bond acceptors (Lipinski definition) is 5. The topological polar surface area (TPSA) is 51.2 Å². The van der Waals surface area contributed by atoms with Crippen molar-refractivity contribution in [1.82, 2.24) is 9.96 Å².